The molecule has 24 heavy (non-hydrogen) atoms. The zero-order chi connectivity index (χ0) is 16.9. The van der Waals surface area contributed by atoms with E-state index in [-0.39, 0.29) is 25.8 Å². The molecule has 0 saturated carbocycles. The van der Waals surface area contributed by atoms with E-state index < -0.39 is 0 Å². The van der Waals surface area contributed by atoms with Gasteiger partial charge in [0, 0.05) is 0 Å². The Labute approximate surface area is 153 Å². The van der Waals surface area contributed by atoms with Crippen molar-refractivity contribution in [2.24, 2.45) is 0 Å². The van der Waals surface area contributed by atoms with E-state index in [0.29, 0.717) is 0 Å². The molecule has 0 N–H and O–H groups in total. The van der Waals surface area contributed by atoms with Gasteiger partial charge >= 0.3 is 154 Å². The van der Waals surface area contributed by atoms with Crippen LogP contribution in [0.25, 0.3) is 28.7 Å². The Balaban J connectivity index is 2.15. The zero-order valence-corrected chi connectivity index (χ0v) is 17.0. The minimum atomic E-state index is -0.322. The van der Waals surface area contributed by atoms with Gasteiger partial charge in [-0.15, -0.1) is 0 Å². The molecule has 1 aromatic heterocycles. The molecule has 4 rings (SSSR count). The molecule has 0 spiro atoms. The molecule has 0 aliphatic rings. The zero-order valence-electron chi connectivity index (χ0n) is 14.7. The molecule has 0 saturated heterocycles. The molecule has 1 heteroatoms. The van der Waals surface area contributed by atoms with Gasteiger partial charge in [-0.3, -0.25) is 0 Å². The van der Waals surface area contributed by atoms with Crippen molar-refractivity contribution in [3.05, 3.63) is 71.8 Å². The maximum atomic E-state index is 2.36. The topological polar surface area (TPSA) is 0 Å². The van der Waals surface area contributed by atoms with Crippen LogP contribution in [0, 0.1) is 6.92 Å². The number of rotatable bonds is 1. The van der Waals surface area contributed by atoms with Crippen molar-refractivity contribution in [1.29, 1.82) is 0 Å². The first-order valence-electron chi connectivity index (χ1n) is 8.47. The van der Waals surface area contributed by atoms with Gasteiger partial charge in [0.15, 0.2) is 0 Å². The molecular weight excluding hydrogens is 404 g/mol. The van der Waals surface area contributed by atoms with E-state index in [2.05, 4.69) is 88.4 Å². The number of hydrogen-bond acceptors (Lipinski definition) is 0. The van der Waals surface area contributed by atoms with E-state index in [4.69, 9.17) is 0 Å². The Morgan fingerprint density at radius 2 is 1.54 bits per heavy atom. The predicted molar refractivity (Wildman–Crippen MR) is 107 cm³/mol. The van der Waals surface area contributed by atoms with Gasteiger partial charge in [0.1, 0.15) is 0 Å². The van der Waals surface area contributed by atoms with Gasteiger partial charge in [-0.25, -0.2) is 0 Å². The Morgan fingerprint density at radius 3 is 2.25 bits per heavy atom. The minimum absolute atomic E-state index is 0.204. The molecule has 0 fully saturated rings. The standard InChI is InChI=1S/C23H22Te/c1-15-13-14-18-20-17(16-9-6-5-7-10-16)11-8-12-19(20)24-22(18)21(15)23(2,3)4/h5-14H,1-4H3. The summed E-state index contributed by atoms with van der Waals surface area (Å²) in [7, 11) is 0. The van der Waals surface area contributed by atoms with Gasteiger partial charge in [0.2, 0.25) is 0 Å². The fraction of sp³-hybridized carbons (Fsp3) is 0.217. The summed E-state index contributed by atoms with van der Waals surface area (Å²) >= 11 is -0.322. The molecule has 4 aromatic rings. The molecule has 0 aliphatic carbocycles. The van der Waals surface area contributed by atoms with Crippen LogP contribution in [0.2, 0.25) is 0 Å². The second-order valence-corrected chi connectivity index (χ2v) is 10.5. The molecule has 1 heterocycles. The van der Waals surface area contributed by atoms with E-state index in [1.807, 2.05) is 0 Å². The van der Waals surface area contributed by atoms with Crippen molar-refractivity contribution in [3.63, 3.8) is 0 Å². The molecule has 0 unspecified atom stereocenters. The van der Waals surface area contributed by atoms with Crippen molar-refractivity contribution in [2.45, 2.75) is 33.1 Å². The van der Waals surface area contributed by atoms with Crippen LogP contribution in [-0.2, 0) is 5.41 Å². The van der Waals surface area contributed by atoms with E-state index >= 15 is 0 Å². The van der Waals surface area contributed by atoms with E-state index in [0.717, 1.165) is 0 Å². The third kappa shape index (κ3) is 2.52. The van der Waals surface area contributed by atoms with Crippen molar-refractivity contribution < 1.29 is 0 Å². The summed E-state index contributed by atoms with van der Waals surface area (Å²) in [5.41, 5.74) is 5.95. The first-order chi connectivity index (χ1) is 11.5. The van der Waals surface area contributed by atoms with Crippen molar-refractivity contribution in [2.75, 3.05) is 0 Å². The Bertz CT molecular complexity index is 1030. The van der Waals surface area contributed by atoms with Gasteiger partial charge in [-0.1, -0.05) is 0 Å². The second kappa shape index (κ2) is 5.76. The van der Waals surface area contributed by atoms with Gasteiger partial charge in [-0.05, 0) is 0 Å². The predicted octanol–water partition coefficient (Wildman–Crippen LogP) is 6.32. The molecule has 0 amide bonds. The molecule has 3 aromatic carbocycles. The average molecular weight is 426 g/mol. The molecule has 0 bridgehead atoms. The van der Waals surface area contributed by atoms with E-state index in [9.17, 15) is 0 Å². The number of benzene rings is 3. The number of fused-ring (bicyclic) bond motifs is 3. The monoisotopic (exact) mass is 428 g/mol. The van der Waals surface area contributed by atoms with Gasteiger partial charge < -0.3 is 0 Å². The quantitative estimate of drug-likeness (QED) is 0.313. The summed E-state index contributed by atoms with van der Waals surface area (Å²) in [6.07, 6.45) is 0. The van der Waals surface area contributed by atoms with Crippen LogP contribution in [0.3, 0.4) is 0 Å². The van der Waals surface area contributed by atoms with Crippen LogP contribution in [0.4, 0.5) is 0 Å². The molecule has 0 atom stereocenters. The summed E-state index contributed by atoms with van der Waals surface area (Å²) < 4.78 is 3.25. The SMILES string of the molecule is Cc1ccc2c([te]c3cccc(-c4ccccc4)c32)c1C(C)(C)C. The summed E-state index contributed by atoms with van der Waals surface area (Å²) in [5.74, 6) is 0. The summed E-state index contributed by atoms with van der Waals surface area (Å²) in [5, 5.41) is 2.98. The van der Waals surface area contributed by atoms with Crippen LogP contribution in [0.15, 0.2) is 60.7 Å². The van der Waals surface area contributed by atoms with Crippen molar-refractivity contribution >= 4 is 38.0 Å². The fourth-order valence-corrected chi connectivity index (χ4v) is 8.17. The van der Waals surface area contributed by atoms with Crippen LogP contribution >= 0.6 is 0 Å². The Kier molecular flexibility index (Phi) is 3.83. The van der Waals surface area contributed by atoms with Gasteiger partial charge in [-0.2, -0.15) is 0 Å². The molecule has 0 aliphatic heterocycles. The Hall–Kier alpha value is -1.55. The summed E-state index contributed by atoms with van der Waals surface area (Å²) in [4.78, 5) is 0. The van der Waals surface area contributed by atoms with Crippen LogP contribution in [0.1, 0.15) is 31.9 Å². The first-order valence-corrected chi connectivity index (χ1v) is 10.8. The van der Waals surface area contributed by atoms with Crippen molar-refractivity contribution in [1.82, 2.24) is 0 Å². The average Bonchev–Trinajstić information content (AvgIpc) is 2.92. The molecule has 0 radical (unpaired) electrons. The first kappa shape index (κ1) is 15.9. The molecule has 0 nitrogen and oxygen atoms in total. The number of aryl methyl sites for hydroxylation is 1. The van der Waals surface area contributed by atoms with E-state index in [1.54, 1.807) is 12.4 Å². The third-order valence-electron chi connectivity index (χ3n) is 4.71. The van der Waals surface area contributed by atoms with E-state index in [1.165, 1.54) is 27.5 Å². The molecule has 120 valence electrons. The van der Waals surface area contributed by atoms with Gasteiger partial charge in [0.05, 0.1) is 0 Å². The van der Waals surface area contributed by atoms with Crippen LogP contribution < -0.4 is 0 Å². The second-order valence-electron chi connectivity index (χ2n) is 7.53. The van der Waals surface area contributed by atoms with Crippen LogP contribution in [-0.4, -0.2) is 20.4 Å². The van der Waals surface area contributed by atoms with Crippen molar-refractivity contribution in [3.8, 4) is 11.1 Å². The Morgan fingerprint density at radius 1 is 0.792 bits per heavy atom. The van der Waals surface area contributed by atoms with Crippen LogP contribution in [0.5, 0.6) is 0 Å². The fourth-order valence-electron chi connectivity index (χ4n) is 3.78. The normalized spacial score (nSPS) is 12.2. The van der Waals surface area contributed by atoms with Gasteiger partial charge in [0.25, 0.3) is 0 Å². The summed E-state index contributed by atoms with van der Waals surface area (Å²) in [6, 6.07) is 22.4. The summed E-state index contributed by atoms with van der Waals surface area (Å²) in [6.45, 7) is 9.33. The third-order valence-corrected chi connectivity index (χ3v) is 8.10. The number of hydrogen-bond donors (Lipinski definition) is 0. The molecular formula is C23H22Te. The maximum absolute atomic E-state index is 2.36.